The molecule has 0 spiro atoms. The number of ether oxygens (including phenoxy) is 2. The molecule has 3 atom stereocenters. The largest absolute Gasteiger partial charge is 0.490 e. The standard InChI is InChI=1S/C16H20ClNO2/c1-8-6-10-13(12-4-3-5-18-12)15-11(7-9(2)19-15)14(17)16(10)20-8/h8-9,12,18H,3-7H2,1-2H3. The lowest BCUT2D eigenvalue weighted by Crippen LogP contribution is -2.16. The number of nitrogens with one attached hydrogen (secondary N) is 1. The Kier molecular flexibility index (Phi) is 2.90. The monoisotopic (exact) mass is 293 g/mol. The highest BCUT2D eigenvalue weighted by molar-refractivity contribution is 6.33. The van der Waals surface area contributed by atoms with Gasteiger partial charge in [-0.25, -0.2) is 0 Å². The number of rotatable bonds is 1. The highest BCUT2D eigenvalue weighted by atomic mass is 35.5. The van der Waals surface area contributed by atoms with Gasteiger partial charge >= 0.3 is 0 Å². The minimum absolute atomic E-state index is 0.211. The van der Waals surface area contributed by atoms with Crippen molar-refractivity contribution >= 4 is 11.6 Å². The third-order valence-electron chi connectivity index (χ3n) is 4.61. The van der Waals surface area contributed by atoms with Gasteiger partial charge in [0.2, 0.25) is 0 Å². The first kappa shape index (κ1) is 12.8. The molecule has 3 aliphatic rings. The molecule has 0 amide bonds. The Bertz CT molecular complexity index is 527. The Morgan fingerprint density at radius 1 is 1.05 bits per heavy atom. The van der Waals surface area contributed by atoms with Gasteiger partial charge < -0.3 is 14.8 Å². The smallest absolute Gasteiger partial charge is 0.142 e. The summed E-state index contributed by atoms with van der Waals surface area (Å²) in [7, 11) is 0. The van der Waals surface area contributed by atoms with Gasteiger partial charge in [0.05, 0.1) is 5.02 Å². The van der Waals surface area contributed by atoms with Gasteiger partial charge in [0.25, 0.3) is 0 Å². The fourth-order valence-electron chi connectivity index (χ4n) is 3.79. The average molecular weight is 294 g/mol. The molecule has 1 fully saturated rings. The normalized spacial score (nSPS) is 30.9. The first-order chi connectivity index (χ1) is 9.65. The second-order valence-electron chi connectivity index (χ2n) is 6.26. The summed E-state index contributed by atoms with van der Waals surface area (Å²) in [6.45, 7) is 5.30. The quantitative estimate of drug-likeness (QED) is 0.861. The van der Waals surface area contributed by atoms with Crippen LogP contribution in [-0.2, 0) is 12.8 Å². The molecular formula is C16H20ClNO2. The Morgan fingerprint density at radius 2 is 1.75 bits per heavy atom. The Morgan fingerprint density at radius 3 is 2.45 bits per heavy atom. The number of halogens is 1. The van der Waals surface area contributed by atoms with Crippen molar-refractivity contribution in [3.63, 3.8) is 0 Å². The molecule has 0 bridgehead atoms. The average Bonchev–Trinajstić information content (AvgIpc) is 3.09. The van der Waals surface area contributed by atoms with Gasteiger partial charge in [0.1, 0.15) is 23.7 Å². The molecule has 0 aromatic heterocycles. The summed E-state index contributed by atoms with van der Waals surface area (Å²) in [5, 5.41) is 4.39. The SMILES string of the molecule is CC1Cc2c(c(Cl)c3c(c2C2CCCN2)OC(C)C3)O1. The molecule has 0 radical (unpaired) electrons. The number of hydrogen-bond acceptors (Lipinski definition) is 3. The van der Waals surface area contributed by atoms with Crippen LogP contribution in [0, 0.1) is 0 Å². The number of fused-ring (bicyclic) bond motifs is 2. The molecule has 20 heavy (non-hydrogen) atoms. The first-order valence-electron chi connectivity index (χ1n) is 7.59. The summed E-state index contributed by atoms with van der Waals surface area (Å²) in [6.07, 6.45) is 4.65. The Labute approximate surface area is 124 Å². The van der Waals surface area contributed by atoms with Crippen molar-refractivity contribution in [2.45, 2.75) is 57.8 Å². The summed E-state index contributed by atoms with van der Waals surface area (Å²) in [5.74, 6) is 1.96. The summed E-state index contributed by atoms with van der Waals surface area (Å²) in [6, 6.07) is 0.397. The maximum absolute atomic E-state index is 6.58. The minimum Gasteiger partial charge on any atom is -0.490 e. The number of hydrogen-bond donors (Lipinski definition) is 1. The zero-order valence-electron chi connectivity index (χ0n) is 12.0. The van der Waals surface area contributed by atoms with Gasteiger partial charge in [0.15, 0.2) is 0 Å². The summed E-state index contributed by atoms with van der Waals surface area (Å²) in [4.78, 5) is 0. The Hall–Kier alpha value is -0.930. The lowest BCUT2D eigenvalue weighted by atomic mass is 9.92. The highest BCUT2D eigenvalue weighted by Gasteiger charge is 2.38. The van der Waals surface area contributed by atoms with Crippen LogP contribution in [0.5, 0.6) is 11.5 Å². The van der Waals surface area contributed by atoms with Crippen LogP contribution in [0.15, 0.2) is 0 Å². The van der Waals surface area contributed by atoms with Crippen LogP contribution in [0.2, 0.25) is 5.02 Å². The van der Waals surface area contributed by atoms with Crippen molar-refractivity contribution in [1.82, 2.24) is 5.32 Å². The fraction of sp³-hybridized carbons (Fsp3) is 0.625. The summed E-state index contributed by atoms with van der Waals surface area (Å²) >= 11 is 6.58. The highest BCUT2D eigenvalue weighted by Crippen LogP contribution is 2.51. The predicted octanol–water partition coefficient (Wildman–Crippen LogP) is 3.41. The van der Waals surface area contributed by atoms with E-state index in [2.05, 4.69) is 19.2 Å². The maximum Gasteiger partial charge on any atom is 0.142 e. The third kappa shape index (κ3) is 1.76. The van der Waals surface area contributed by atoms with Crippen molar-refractivity contribution in [2.24, 2.45) is 0 Å². The van der Waals surface area contributed by atoms with Crippen LogP contribution in [0.1, 0.15) is 49.4 Å². The van der Waals surface area contributed by atoms with Gasteiger partial charge in [-0.05, 0) is 33.2 Å². The van der Waals surface area contributed by atoms with E-state index >= 15 is 0 Å². The molecule has 3 nitrogen and oxygen atoms in total. The molecule has 108 valence electrons. The summed E-state index contributed by atoms with van der Waals surface area (Å²) in [5.41, 5.74) is 3.75. The van der Waals surface area contributed by atoms with E-state index in [1.165, 1.54) is 24.0 Å². The molecule has 0 saturated carbocycles. The molecule has 0 aliphatic carbocycles. The van der Waals surface area contributed by atoms with E-state index in [1.54, 1.807) is 0 Å². The molecule has 1 N–H and O–H groups in total. The maximum atomic E-state index is 6.58. The van der Waals surface area contributed by atoms with Crippen molar-refractivity contribution in [3.8, 4) is 11.5 Å². The lowest BCUT2D eigenvalue weighted by Gasteiger charge is -2.20. The fourth-order valence-corrected chi connectivity index (χ4v) is 4.12. The molecule has 3 aliphatic heterocycles. The van der Waals surface area contributed by atoms with Crippen molar-refractivity contribution in [1.29, 1.82) is 0 Å². The van der Waals surface area contributed by atoms with Crippen LogP contribution in [-0.4, -0.2) is 18.8 Å². The minimum atomic E-state index is 0.211. The second-order valence-corrected chi connectivity index (χ2v) is 6.64. The van der Waals surface area contributed by atoms with E-state index in [0.29, 0.717) is 6.04 Å². The first-order valence-corrected chi connectivity index (χ1v) is 7.96. The molecule has 4 heteroatoms. The van der Waals surface area contributed by atoms with Gasteiger partial charge in [-0.3, -0.25) is 0 Å². The van der Waals surface area contributed by atoms with E-state index in [0.717, 1.165) is 41.5 Å². The van der Waals surface area contributed by atoms with Gasteiger partial charge in [-0.2, -0.15) is 0 Å². The molecule has 1 aromatic carbocycles. The molecule has 4 rings (SSSR count). The second kappa shape index (κ2) is 4.54. The van der Waals surface area contributed by atoms with E-state index < -0.39 is 0 Å². The number of benzene rings is 1. The van der Waals surface area contributed by atoms with Crippen LogP contribution < -0.4 is 14.8 Å². The van der Waals surface area contributed by atoms with Gasteiger partial charge in [0, 0.05) is 35.6 Å². The Balaban J connectivity index is 1.92. The van der Waals surface area contributed by atoms with Crippen LogP contribution in [0.25, 0.3) is 0 Å². The van der Waals surface area contributed by atoms with Crippen molar-refractivity contribution < 1.29 is 9.47 Å². The van der Waals surface area contributed by atoms with Crippen molar-refractivity contribution in [2.75, 3.05) is 6.54 Å². The molecule has 1 aromatic rings. The third-order valence-corrected chi connectivity index (χ3v) is 5.01. The van der Waals surface area contributed by atoms with E-state index in [9.17, 15) is 0 Å². The summed E-state index contributed by atoms with van der Waals surface area (Å²) < 4.78 is 12.1. The molecule has 3 heterocycles. The van der Waals surface area contributed by atoms with E-state index in [-0.39, 0.29) is 12.2 Å². The van der Waals surface area contributed by atoms with Crippen LogP contribution >= 0.6 is 11.6 Å². The molecular weight excluding hydrogens is 274 g/mol. The predicted molar refractivity (Wildman–Crippen MR) is 79.0 cm³/mol. The topological polar surface area (TPSA) is 30.5 Å². The van der Waals surface area contributed by atoms with E-state index in [4.69, 9.17) is 21.1 Å². The van der Waals surface area contributed by atoms with Gasteiger partial charge in [-0.1, -0.05) is 11.6 Å². The zero-order valence-corrected chi connectivity index (χ0v) is 12.7. The van der Waals surface area contributed by atoms with Crippen LogP contribution in [0.3, 0.4) is 0 Å². The van der Waals surface area contributed by atoms with Crippen LogP contribution in [0.4, 0.5) is 0 Å². The van der Waals surface area contributed by atoms with Crippen molar-refractivity contribution in [3.05, 3.63) is 21.7 Å². The molecule has 1 saturated heterocycles. The van der Waals surface area contributed by atoms with E-state index in [1.807, 2.05) is 0 Å². The zero-order chi connectivity index (χ0) is 13.9. The molecule has 3 unspecified atom stereocenters. The van der Waals surface area contributed by atoms with Gasteiger partial charge in [-0.15, -0.1) is 0 Å². The lowest BCUT2D eigenvalue weighted by molar-refractivity contribution is 0.250.